The molecule has 0 aliphatic carbocycles. The van der Waals surface area contributed by atoms with Crippen molar-refractivity contribution in [3.8, 4) is 0 Å². The fourth-order valence-corrected chi connectivity index (χ4v) is 4.02. The first-order valence-corrected chi connectivity index (χ1v) is 10.6. The van der Waals surface area contributed by atoms with E-state index in [0.29, 0.717) is 0 Å². The molecule has 1 rings (SSSR count). The van der Waals surface area contributed by atoms with Crippen molar-refractivity contribution in [1.29, 1.82) is 0 Å². The lowest BCUT2D eigenvalue weighted by molar-refractivity contribution is -0.384. The number of nitro benzene ring substituents is 1. The molecule has 1 aromatic carbocycles. The number of amides is 1. The summed E-state index contributed by atoms with van der Waals surface area (Å²) in [5.41, 5.74) is -0.918. The van der Waals surface area contributed by atoms with Gasteiger partial charge in [0.15, 0.2) is 0 Å². The van der Waals surface area contributed by atoms with Gasteiger partial charge in [-0.3, -0.25) is 10.1 Å². The summed E-state index contributed by atoms with van der Waals surface area (Å²) >= 11 is 0. The van der Waals surface area contributed by atoms with Crippen LogP contribution >= 0.6 is 0 Å². The Labute approximate surface area is 171 Å². The Bertz CT molecular complexity index is 802. The normalized spacial score (nSPS) is 13.4. The average Bonchev–Trinajstić information content (AvgIpc) is 2.57. The summed E-state index contributed by atoms with van der Waals surface area (Å²) in [6, 6.07) is 4.54. The van der Waals surface area contributed by atoms with Gasteiger partial charge in [-0.1, -0.05) is 13.8 Å². The van der Waals surface area contributed by atoms with Gasteiger partial charge in [0.2, 0.25) is 10.0 Å². The molecule has 0 heterocycles. The number of ether oxygens (including phenoxy) is 1. The number of aliphatic hydroxyl groups excluding tert-OH is 1. The number of nitrogens with one attached hydrogen (secondary N) is 1. The van der Waals surface area contributed by atoms with Crippen molar-refractivity contribution in [2.24, 2.45) is 5.92 Å². The maximum Gasteiger partial charge on any atom is 0.407 e. The molecule has 0 aromatic heterocycles. The molecule has 11 heteroatoms. The zero-order chi connectivity index (χ0) is 22.4. The summed E-state index contributed by atoms with van der Waals surface area (Å²) < 4.78 is 32.1. The van der Waals surface area contributed by atoms with E-state index in [2.05, 4.69) is 5.32 Å². The van der Waals surface area contributed by atoms with Crippen molar-refractivity contribution in [1.82, 2.24) is 9.62 Å². The quantitative estimate of drug-likeness (QED) is 0.451. The van der Waals surface area contributed by atoms with Gasteiger partial charge >= 0.3 is 6.09 Å². The third-order valence-electron chi connectivity index (χ3n) is 3.55. The van der Waals surface area contributed by atoms with E-state index in [0.717, 1.165) is 28.6 Å². The van der Waals surface area contributed by atoms with Crippen LogP contribution in [0.2, 0.25) is 0 Å². The van der Waals surface area contributed by atoms with E-state index in [1.807, 2.05) is 13.8 Å². The van der Waals surface area contributed by atoms with E-state index in [9.17, 15) is 28.4 Å². The van der Waals surface area contributed by atoms with Gasteiger partial charge in [-0.2, -0.15) is 4.31 Å². The number of carbonyl (C=O) groups is 1. The first-order chi connectivity index (χ1) is 13.2. The topological polar surface area (TPSA) is 139 Å². The van der Waals surface area contributed by atoms with Crippen LogP contribution in [0.3, 0.4) is 0 Å². The molecular formula is C18H29N3O7S. The van der Waals surface area contributed by atoms with Crippen molar-refractivity contribution < 1.29 is 28.0 Å². The van der Waals surface area contributed by atoms with Gasteiger partial charge in [0.25, 0.3) is 5.69 Å². The number of hydrogen-bond acceptors (Lipinski definition) is 7. The van der Waals surface area contributed by atoms with Gasteiger partial charge < -0.3 is 15.2 Å². The van der Waals surface area contributed by atoms with Crippen LogP contribution in [0.1, 0.15) is 34.6 Å². The number of aliphatic hydroxyl groups is 1. The Morgan fingerprint density at radius 2 is 1.79 bits per heavy atom. The Morgan fingerprint density at radius 1 is 1.24 bits per heavy atom. The molecule has 1 atom stereocenters. The van der Waals surface area contributed by atoms with Gasteiger partial charge in [0.1, 0.15) is 5.60 Å². The zero-order valence-electron chi connectivity index (χ0n) is 17.3. The second kappa shape index (κ2) is 9.99. The largest absolute Gasteiger partial charge is 0.444 e. The van der Waals surface area contributed by atoms with Crippen LogP contribution in [0.15, 0.2) is 29.2 Å². The van der Waals surface area contributed by atoms with Gasteiger partial charge in [-0.15, -0.1) is 0 Å². The maximum atomic E-state index is 12.9. The molecule has 29 heavy (non-hydrogen) atoms. The van der Waals surface area contributed by atoms with E-state index < -0.39 is 32.7 Å². The van der Waals surface area contributed by atoms with Crippen molar-refractivity contribution in [3.05, 3.63) is 34.4 Å². The van der Waals surface area contributed by atoms with Crippen molar-refractivity contribution in [2.75, 3.05) is 19.6 Å². The Kier molecular flexibility index (Phi) is 8.54. The molecule has 164 valence electrons. The van der Waals surface area contributed by atoms with E-state index in [4.69, 9.17) is 4.74 Å². The molecule has 0 spiro atoms. The van der Waals surface area contributed by atoms with Crippen molar-refractivity contribution >= 4 is 21.8 Å². The highest BCUT2D eigenvalue weighted by Gasteiger charge is 2.28. The second-order valence-electron chi connectivity index (χ2n) is 8.00. The lowest BCUT2D eigenvalue weighted by Gasteiger charge is -2.26. The summed E-state index contributed by atoms with van der Waals surface area (Å²) in [5, 5.41) is 23.4. The first-order valence-electron chi connectivity index (χ1n) is 9.12. The highest BCUT2D eigenvalue weighted by molar-refractivity contribution is 7.89. The SMILES string of the molecule is CC(C)CN(CC(O)CNC(=O)OC(C)(C)C)S(=O)(=O)c1ccc([N+](=O)[O-])cc1. The summed E-state index contributed by atoms with van der Waals surface area (Å²) in [4.78, 5) is 21.7. The maximum absolute atomic E-state index is 12.9. The molecular weight excluding hydrogens is 402 g/mol. The fraction of sp³-hybridized carbons (Fsp3) is 0.611. The Balaban J connectivity index is 2.89. The number of carbonyl (C=O) groups excluding carboxylic acids is 1. The first kappa shape index (κ1) is 24.8. The molecule has 0 saturated carbocycles. The number of nitro groups is 1. The third-order valence-corrected chi connectivity index (χ3v) is 5.40. The molecule has 0 saturated heterocycles. The summed E-state index contributed by atoms with van der Waals surface area (Å²) in [5.74, 6) is -0.0335. The number of rotatable bonds is 9. The lowest BCUT2D eigenvalue weighted by atomic mass is 10.2. The summed E-state index contributed by atoms with van der Waals surface area (Å²) in [6.45, 7) is 8.42. The standard InChI is InChI=1S/C18H29N3O7S/c1-13(2)11-20(12-15(22)10-19-17(23)28-18(3,4)5)29(26,27)16-8-6-14(7-9-16)21(24)25/h6-9,13,15,22H,10-12H2,1-5H3,(H,19,23). The highest BCUT2D eigenvalue weighted by atomic mass is 32.2. The van der Waals surface area contributed by atoms with E-state index in [1.165, 1.54) is 0 Å². The molecule has 2 N–H and O–H groups in total. The van der Waals surface area contributed by atoms with Gasteiger partial charge in [0.05, 0.1) is 15.9 Å². The Morgan fingerprint density at radius 3 is 2.24 bits per heavy atom. The minimum atomic E-state index is -3.99. The number of non-ortho nitro benzene ring substituents is 1. The molecule has 0 aliphatic heterocycles. The van der Waals surface area contributed by atoms with Crippen LogP contribution in [0.25, 0.3) is 0 Å². The van der Waals surface area contributed by atoms with Gasteiger partial charge in [0, 0.05) is 31.8 Å². The molecule has 0 fully saturated rings. The van der Waals surface area contributed by atoms with Gasteiger partial charge in [-0.05, 0) is 38.8 Å². The number of benzene rings is 1. The third kappa shape index (κ3) is 8.34. The van der Waals surface area contributed by atoms with E-state index >= 15 is 0 Å². The lowest BCUT2D eigenvalue weighted by Crippen LogP contribution is -2.44. The molecule has 1 unspecified atom stereocenters. The van der Waals surface area contributed by atoms with Crippen molar-refractivity contribution in [3.63, 3.8) is 0 Å². The second-order valence-corrected chi connectivity index (χ2v) is 9.94. The summed E-state index contributed by atoms with van der Waals surface area (Å²) in [7, 11) is -3.99. The molecule has 0 aliphatic rings. The Hall–Kier alpha value is -2.24. The number of hydrogen-bond donors (Lipinski definition) is 2. The van der Waals surface area contributed by atoms with Crippen molar-refractivity contribution in [2.45, 2.75) is 51.2 Å². The van der Waals surface area contributed by atoms with Crippen LogP contribution in [-0.4, -0.2) is 60.2 Å². The zero-order valence-corrected chi connectivity index (χ0v) is 18.1. The molecule has 1 aromatic rings. The van der Waals surface area contributed by atoms with Crippen LogP contribution in [0.5, 0.6) is 0 Å². The van der Waals surface area contributed by atoms with E-state index in [1.54, 1.807) is 20.8 Å². The van der Waals surface area contributed by atoms with E-state index in [-0.39, 0.29) is 36.1 Å². The molecule has 1 amide bonds. The smallest absolute Gasteiger partial charge is 0.407 e. The molecule has 10 nitrogen and oxygen atoms in total. The number of alkyl carbamates (subject to hydrolysis) is 1. The molecule has 0 bridgehead atoms. The van der Waals surface area contributed by atoms with Gasteiger partial charge in [-0.25, -0.2) is 13.2 Å². The molecule has 0 radical (unpaired) electrons. The predicted molar refractivity (Wildman–Crippen MR) is 107 cm³/mol. The highest BCUT2D eigenvalue weighted by Crippen LogP contribution is 2.21. The summed E-state index contributed by atoms with van der Waals surface area (Å²) in [6.07, 6.45) is -1.89. The number of sulfonamides is 1. The van der Waals surface area contributed by atoms with Crippen LogP contribution in [0.4, 0.5) is 10.5 Å². The monoisotopic (exact) mass is 431 g/mol. The minimum Gasteiger partial charge on any atom is -0.444 e. The number of nitrogens with zero attached hydrogens (tertiary/aromatic N) is 2. The van der Waals surface area contributed by atoms with Crippen LogP contribution < -0.4 is 5.32 Å². The van der Waals surface area contributed by atoms with Crippen LogP contribution in [-0.2, 0) is 14.8 Å². The predicted octanol–water partition coefficient (Wildman–Crippen LogP) is 2.13. The fourth-order valence-electron chi connectivity index (χ4n) is 2.38. The minimum absolute atomic E-state index is 0.0335. The average molecular weight is 432 g/mol. The van der Waals surface area contributed by atoms with Crippen LogP contribution in [0, 0.1) is 16.0 Å².